The van der Waals surface area contributed by atoms with Crippen LogP contribution >= 0.6 is 0 Å². The third-order valence-electron chi connectivity index (χ3n) is 16.7. The highest BCUT2D eigenvalue weighted by Crippen LogP contribution is 2.76. The van der Waals surface area contributed by atoms with Crippen LogP contribution < -0.4 is 0 Å². The summed E-state index contributed by atoms with van der Waals surface area (Å²) in [4.78, 5) is 0. The van der Waals surface area contributed by atoms with Crippen molar-refractivity contribution in [3.8, 4) is 0 Å². The molecule has 10 N–H and O–H groups in total. The lowest BCUT2D eigenvalue weighted by Gasteiger charge is -2.70. The Labute approximate surface area is 331 Å². The molecule has 2 heterocycles. The van der Waals surface area contributed by atoms with Gasteiger partial charge in [-0.1, -0.05) is 60.6 Å². The van der Waals surface area contributed by atoms with Crippen molar-refractivity contribution in [1.82, 2.24) is 0 Å². The number of fused-ring (bicyclic) bond motifs is 5. The highest BCUT2D eigenvalue weighted by molar-refractivity contribution is 5.22. The molecule has 6 aliphatic rings. The molecule has 4 saturated carbocycles. The van der Waals surface area contributed by atoms with E-state index in [2.05, 4.69) is 34.6 Å². The van der Waals surface area contributed by atoms with Crippen molar-refractivity contribution in [2.75, 3.05) is 13.2 Å². The number of rotatable bonds is 10. The molecule has 0 amide bonds. The zero-order valence-electron chi connectivity index (χ0n) is 34.5. The molecule has 6 rings (SSSR count). The molecule has 56 heavy (non-hydrogen) atoms. The van der Waals surface area contributed by atoms with E-state index in [1.54, 1.807) is 12.2 Å². The topological polar surface area (TPSA) is 239 Å². The molecule has 0 aromatic carbocycles. The summed E-state index contributed by atoms with van der Waals surface area (Å²) in [6, 6.07) is 0. The molecule has 14 heteroatoms. The molecule has 0 radical (unpaired) electrons. The van der Waals surface area contributed by atoms with Gasteiger partial charge in [-0.05, 0) is 103 Å². The van der Waals surface area contributed by atoms with Gasteiger partial charge >= 0.3 is 0 Å². The molecule has 21 unspecified atom stereocenters. The van der Waals surface area contributed by atoms with E-state index >= 15 is 0 Å². The first-order valence-corrected chi connectivity index (χ1v) is 21.0. The fourth-order valence-electron chi connectivity index (χ4n) is 13.1. The molecule has 2 aliphatic heterocycles. The zero-order chi connectivity index (χ0) is 41.5. The highest BCUT2D eigenvalue weighted by atomic mass is 16.7. The monoisotopic (exact) mass is 800 g/mol. The van der Waals surface area contributed by atoms with Crippen LogP contribution in [-0.4, -0.2) is 150 Å². The van der Waals surface area contributed by atoms with Gasteiger partial charge in [-0.3, -0.25) is 0 Å². The van der Waals surface area contributed by atoms with E-state index in [1.807, 2.05) is 20.8 Å². The molecule has 6 fully saturated rings. The number of ether oxygens (including phenoxy) is 4. The molecular formula is C42H72O14. The summed E-state index contributed by atoms with van der Waals surface area (Å²) in [5.41, 5.74) is -2.31. The van der Waals surface area contributed by atoms with E-state index < -0.39 is 97.8 Å². The van der Waals surface area contributed by atoms with Crippen LogP contribution in [0.4, 0.5) is 0 Å². The quantitative estimate of drug-likeness (QED) is 0.110. The Hall–Kier alpha value is -0.820. The van der Waals surface area contributed by atoms with Gasteiger partial charge in [0.1, 0.15) is 48.8 Å². The minimum absolute atomic E-state index is 0.0885. The fourth-order valence-corrected chi connectivity index (χ4v) is 13.1. The van der Waals surface area contributed by atoms with Crippen LogP contribution in [0, 0.1) is 51.2 Å². The molecular weight excluding hydrogens is 728 g/mol. The van der Waals surface area contributed by atoms with Crippen molar-refractivity contribution in [2.24, 2.45) is 51.2 Å². The highest BCUT2D eigenvalue weighted by Gasteiger charge is 2.72. The summed E-state index contributed by atoms with van der Waals surface area (Å²) >= 11 is 0. The van der Waals surface area contributed by atoms with Crippen molar-refractivity contribution >= 4 is 0 Å². The van der Waals surface area contributed by atoms with Gasteiger partial charge in [-0.2, -0.15) is 0 Å². The molecule has 0 aromatic heterocycles. The van der Waals surface area contributed by atoms with Crippen LogP contribution in [0.3, 0.4) is 0 Å². The maximum atomic E-state index is 12.5. The normalized spacial score (nSPS) is 52.3. The van der Waals surface area contributed by atoms with Crippen LogP contribution in [0.15, 0.2) is 12.2 Å². The van der Waals surface area contributed by atoms with Crippen LogP contribution in [0.1, 0.15) is 100 Å². The van der Waals surface area contributed by atoms with E-state index in [0.29, 0.717) is 19.3 Å². The van der Waals surface area contributed by atoms with E-state index in [1.165, 1.54) is 0 Å². The maximum absolute atomic E-state index is 12.5. The molecule has 2 saturated heterocycles. The predicted molar refractivity (Wildman–Crippen MR) is 202 cm³/mol. The van der Waals surface area contributed by atoms with Crippen LogP contribution in [-0.2, 0) is 18.9 Å². The number of aliphatic hydroxyl groups excluding tert-OH is 10. The van der Waals surface area contributed by atoms with Crippen molar-refractivity contribution < 1.29 is 70.0 Å². The van der Waals surface area contributed by atoms with Gasteiger partial charge in [-0.15, -0.1) is 0 Å². The van der Waals surface area contributed by atoms with E-state index in [-0.39, 0.29) is 51.9 Å². The number of aliphatic hydroxyl groups is 10. The SMILES string of the molecule is CC(C)C(O)/C=C/C(C)(OC1OC(CO)C(O)C(O)C1O)C1CCC2(C)C1C(O)CC1C3(C)CCC(OC4OC(CO)C(O)C(O)C4O)C(C)(C)C3CCC12C. The van der Waals surface area contributed by atoms with Crippen molar-refractivity contribution in [1.29, 1.82) is 0 Å². The third kappa shape index (κ3) is 7.06. The van der Waals surface area contributed by atoms with Crippen molar-refractivity contribution in [3.05, 3.63) is 12.2 Å². The lowest BCUT2D eigenvalue weighted by atomic mass is 9.35. The summed E-state index contributed by atoms with van der Waals surface area (Å²) in [6.07, 6.45) is -7.15. The van der Waals surface area contributed by atoms with Gasteiger partial charge in [0, 0.05) is 0 Å². The third-order valence-corrected chi connectivity index (χ3v) is 16.7. The first-order valence-electron chi connectivity index (χ1n) is 21.0. The van der Waals surface area contributed by atoms with E-state index in [4.69, 9.17) is 18.9 Å². The lowest BCUT2D eigenvalue weighted by molar-refractivity contribution is -0.334. The molecule has 0 aromatic rings. The molecule has 0 spiro atoms. The van der Waals surface area contributed by atoms with Gasteiger partial charge in [0.15, 0.2) is 12.6 Å². The van der Waals surface area contributed by atoms with Gasteiger partial charge < -0.3 is 70.0 Å². The Morgan fingerprint density at radius 1 is 0.714 bits per heavy atom. The van der Waals surface area contributed by atoms with Crippen molar-refractivity contribution in [3.63, 3.8) is 0 Å². The van der Waals surface area contributed by atoms with Crippen LogP contribution in [0.5, 0.6) is 0 Å². The Morgan fingerprint density at radius 3 is 1.84 bits per heavy atom. The van der Waals surface area contributed by atoms with E-state index in [9.17, 15) is 51.1 Å². The van der Waals surface area contributed by atoms with Gasteiger partial charge in [0.25, 0.3) is 0 Å². The molecule has 4 aliphatic carbocycles. The first-order chi connectivity index (χ1) is 26.0. The summed E-state index contributed by atoms with van der Waals surface area (Å²) < 4.78 is 24.7. The molecule has 14 nitrogen and oxygen atoms in total. The minimum atomic E-state index is -1.62. The van der Waals surface area contributed by atoms with Gasteiger partial charge in [-0.25, -0.2) is 0 Å². The Balaban J connectivity index is 1.28. The van der Waals surface area contributed by atoms with E-state index in [0.717, 1.165) is 25.7 Å². The summed E-state index contributed by atoms with van der Waals surface area (Å²) in [5, 5.41) is 107. The molecule has 324 valence electrons. The predicted octanol–water partition coefficient (Wildman–Crippen LogP) is 0.976. The second-order valence-corrected chi connectivity index (χ2v) is 20.2. The largest absolute Gasteiger partial charge is 0.394 e. The Bertz CT molecular complexity index is 1390. The summed E-state index contributed by atoms with van der Waals surface area (Å²) in [6.45, 7) is 16.0. The molecule has 0 bridgehead atoms. The zero-order valence-corrected chi connectivity index (χ0v) is 34.5. The average molecular weight is 801 g/mol. The summed E-state index contributed by atoms with van der Waals surface area (Å²) in [5.74, 6) is -0.283. The second-order valence-electron chi connectivity index (χ2n) is 20.2. The smallest absolute Gasteiger partial charge is 0.187 e. The number of hydrogen-bond acceptors (Lipinski definition) is 14. The van der Waals surface area contributed by atoms with Gasteiger partial charge in [0.05, 0.1) is 37.1 Å². The lowest BCUT2D eigenvalue weighted by Crippen LogP contribution is -2.67. The van der Waals surface area contributed by atoms with Crippen LogP contribution in [0.2, 0.25) is 0 Å². The van der Waals surface area contributed by atoms with Crippen LogP contribution in [0.25, 0.3) is 0 Å². The fraction of sp³-hybridized carbons (Fsp3) is 0.952. The summed E-state index contributed by atoms with van der Waals surface area (Å²) in [7, 11) is 0. The number of hydrogen-bond donors (Lipinski definition) is 10. The second kappa shape index (κ2) is 15.9. The minimum Gasteiger partial charge on any atom is -0.394 e. The maximum Gasteiger partial charge on any atom is 0.187 e. The average Bonchev–Trinajstić information content (AvgIpc) is 3.53. The van der Waals surface area contributed by atoms with Crippen molar-refractivity contribution in [2.45, 2.75) is 186 Å². The Kier molecular flexibility index (Phi) is 12.7. The Morgan fingerprint density at radius 2 is 1.27 bits per heavy atom. The standard InChI is InChI=1S/C42H72O14/c1-20(2)22(45)10-16-42(8,56-37-35(52)33(50)31(48)25(19-44)54-37)21-9-14-41(7)29(21)23(46)17-27-39(5)13-12-28(38(3,4)26(39)11-15-40(27,41)6)55-36-34(51)32(49)30(47)24(18-43)53-36/h10,16,20-37,43-52H,9,11-15,17-19H2,1-8H3/b16-10+. The first kappa shape index (κ1) is 44.7. The van der Waals surface area contributed by atoms with Gasteiger partial charge in [0.2, 0.25) is 0 Å². The molecule has 21 atom stereocenters.